The highest BCUT2D eigenvalue weighted by Gasteiger charge is 2.26. The lowest BCUT2D eigenvalue weighted by molar-refractivity contribution is -0.468. The Hall–Kier alpha value is -1.69. The molecule has 0 bridgehead atoms. The van der Waals surface area contributed by atoms with Gasteiger partial charge in [-0.2, -0.15) is 4.73 Å². The number of rotatable bonds is 1. The number of fused-ring (bicyclic) bond motifs is 1. The molecule has 0 fully saturated rings. The zero-order valence-corrected chi connectivity index (χ0v) is 10.9. The van der Waals surface area contributed by atoms with Crippen LogP contribution in [-0.2, 0) is 0 Å². The smallest absolute Gasteiger partial charge is 0.328 e. The van der Waals surface area contributed by atoms with Crippen molar-refractivity contribution in [2.45, 2.75) is 13.8 Å². The van der Waals surface area contributed by atoms with Crippen LogP contribution >= 0.6 is 15.9 Å². The van der Waals surface area contributed by atoms with E-state index in [1.165, 1.54) is 13.8 Å². The maximum absolute atomic E-state index is 12.0. The van der Waals surface area contributed by atoms with Gasteiger partial charge in [0.1, 0.15) is 5.69 Å². The van der Waals surface area contributed by atoms with E-state index in [-0.39, 0.29) is 22.7 Å². The van der Waals surface area contributed by atoms with Crippen molar-refractivity contribution in [1.29, 1.82) is 0 Å². The van der Waals surface area contributed by atoms with Crippen molar-refractivity contribution in [2.24, 2.45) is 0 Å². The highest BCUT2D eigenvalue weighted by molar-refractivity contribution is 9.10. The second-order valence-corrected chi connectivity index (χ2v) is 4.65. The first-order chi connectivity index (χ1) is 7.93. The zero-order chi connectivity index (χ0) is 12.7. The third-order valence-corrected chi connectivity index (χ3v) is 3.07. The lowest BCUT2D eigenvalue weighted by Crippen LogP contribution is -2.29. The molecule has 17 heavy (non-hydrogen) atoms. The van der Waals surface area contributed by atoms with Crippen molar-refractivity contribution in [2.75, 3.05) is 0 Å². The van der Waals surface area contributed by atoms with Crippen LogP contribution in [0.2, 0.25) is 0 Å². The normalized spacial score (nSPS) is 10.8. The largest absolute Gasteiger partial charge is 0.428 e. The molecule has 2 rings (SSSR count). The number of aromatic nitrogens is 2. The van der Waals surface area contributed by atoms with Gasteiger partial charge in [-0.05, 0) is 19.1 Å². The molecule has 0 aliphatic heterocycles. The number of Topliss-reactive ketones (excluding diaryl/α,β-unsaturated/α-hetero) is 1. The highest BCUT2D eigenvalue weighted by atomic mass is 79.9. The van der Waals surface area contributed by atoms with Gasteiger partial charge in [0.25, 0.3) is 5.52 Å². The van der Waals surface area contributed by atoms with E-state index in [4.69, 9.17) is 0 Å². The first-order valence-corrected chi connectivity index (χ1v) is 5.70. The van der Waals surface area contributed by atoms with E-state index >= 15 is 0 Å². The van der Waals surface area contributed by atoms with Gasteiger partial charge in [-0.3, -0.25) is 4.79 Å². The quantitative estimate of drug-likeness (QED) is 0.498. The molecule has 0 unspecified atom stereocenters. The number of carbonyl (C=O) groups is 1. The van der Waals surface area contributed by atoms with Crippen LogP contribution < -0.4 is 4.43 Å². The van der Waals surface area contributed by atoms with Crippen molar-refractivity contribution < 1.29 is 14.4 Å². The minimum atomic E-state index is -0.387. The Bertz CT molecular complexity index is 691. The average molecular weight is 298 g/mol. The lowest BCUT2D eigenvalue weighted by atomic mass is 10.2. The molecule has 0 atom stereocenters. The van der Waals surface area contributed by atoms with Crippen molar-refractivity contribution in [3.8, 4) is 0 Å². The number of benzene rings is 1. The zero-order valence-electron chi connectivity index (χ0n) is 9.27. The van der Waals surface area contributed by atoms with E-state index < -0.39 is 0 Å². The van der Waals surface area contributed by atoms with Gasteiger partial charge in [-0.25, -0.2) is 0 Å². The Labute approximate surface area is 105 Å². The number of nitrogens with zero attached hydrogens (tertiary/aromatic N) is 2. The molecule has 5 nitrogen and oxygen atoms in total. The topological polar surface area (TPSA) is 65.2 Å². The summed E-state index contributed by atoms with van der Waals surface area (Å²) < 4.78 is 2.10. The van der Waals surface area contributed by atoms with E-state index in [0.717, 1.165) is 4.73 Å². The Balaban J connectivity index is 3.06. The highest BCUT2D eigenvalue weighted by Crippen LogP contribution is 2.18. The van der Waals surface area contributed by atoms with E-state index in [2.05, 4.69) is 15.9 Å². The van der Waals surface area contributed by atoms with Gasteiger partial charge >= 0.3 is 5.69 Å². The van der Waals surface area contributed by atoms with Crippen LogP contribution in [0.1, 0.15) is 23.1 Å². The lowest BCUT2D eigenvalue weighted by Gasteiger charge is -2.04. The maximum Gasteiger partial charge on any atom is 0.328 e. The molecule has 2 aromatic rings. The van der Waals surface area contributed by atoms with Gasteiger partial charge < -0.3 is 5.21 Å². The van der Waals surface area contributed by atoms with Crippen LogP contribution in [0.4, 0.5) is 0 Å². The second-order valence-electron chi connectivity index (χ2n) is 3.73. The summed E-state index contributed by atoms with van der Waals surface area (Å²) in [5.41, 5.74) is 0.754. The Morgan fingerprint density at radius 1 is 1.47 bits per heavy atom. The molecule has 1 aromatic heterocycles. The maximum atomic E-state index is 12.0. The Morgan fingerprint density at radius 3 is 2.71 bits per heavy atom. The first-order valence-electron chi connectivity index (χ1n) is 4.91. The molecule has 0 saturated heterocycles. The van der Waals surface area contributed by atoms with E-state index in [0.29, 0.717) is 14.4 Å². The van der Waals surface area contributed by atoms with Crippen molar-refractivity contribution in [3.63, 3.8) is 0 Å². The van der Waals surface area contributed by atoms with E-state index in [1.807, 2.05) is 0 Å². The van der Waals surface area contributed by atoms with Gasteiger partial charge in [0.2, 0.25) is 5.78 Å². The van der Waals surface area contributed by atoms with Gasteiger partial charge in [0.05, 0.1) is 4.43 Å². The molecule has 0 aliphatic carbocycles. The fourth-order valence-electron chi connectivity index (χ4n) is 1.78. The SMILES string of the molecule is CC(=O)c1c(C)n(O)c2ccc(Br)cc2[n+]1=O. The first kappa shape index (κ1) is 11.8. The molecule has 1 N–H and O–H groups in total. The standard InChI is InChI=1S/C11H10BrN2O3/c1-6-11(7(2)15)14(17)10-5-8(12)3-4-9(10)13(6)16/h3-5,16H,1-2H3/q+1. The van der Waals surface area contributed by atoms with Crippen LogP contribution in [0.15, 0.2) is 22.7 Å². The van der Waals surface area contributed by atoms with Gasteiger partial charge in [-0.15, -0.1) is 0 Å². The fraction of sp³-hybridized carbons (Fsp3) is 0.182. The molecule has 0 radical (unpaired) electrons. The molecule has 1 heterocycles. The van der Waals surface area contributed by atoms with Gasteiger partial charge in [0.15, 0.2) is 5.52 Å². The van der Waals surface area contributed by atoms with Crippen LogP contribution in [0.3, 0.4) is 0 Å². The van der Waals surface area contributed by atoms with E-state index in [9.17, 15) is 14.9 Å². The molecule has 0 spiro atoms. The monoisotopic (exact) mass is 297 g/mol. The summed E-state index contributed by atoms with van der Waals surface area (Å²) in [6, 6.07) is 4.87. The second kappa shape index (κ2) is 3.96. The molecule has 6 heteroatoms. The van der Waals surface area contributed by atoms with Crippen LogP contribution in [-0.4, -0.2) is 15.7 Å². The van der Waals surface area contributed by atoms with Crippen molar-refractivity contribution >= 4 is 32.7 Å². The molecule has 0 aliphatic rings. The summed E-state index contributed by atoms with van der Waals surface area (Å²) in [5.74, 6) is -0.387. The number of ketones is 1. The van der Waals surface area contributed by atoms with Gasteiger partial charge in [0, 0.05) is 22.4 Å². The van der Waals surface area contributed by atoms with Gasteiger partial charge in [-0.1, -0.05) is 15.9 Å². The summed E-state index contributed by atoms with van der Waals surface area (Å²) in [7, 11) is 0. The molecule has 0 saturated carbocycles. The Kier molecular flexibility index (Phi) is 2.74. The average Bonchev–Trinajstić information content (AvgIpc) is 2.26. The van der Waals surface area contributed by atoms with Crippen LogP contribution in [0, 0.1) is 11.8 Å². The number of hydrogen-bond donors (Lipinski definition) is 1. The summed E-state index contributed by atoms with van der Waals surface area (Å²) >= 11 is 3.24. The predicted octanol–water partition coefficient (Wildman–Crippen LogP) is 2.07. The molecule has 0 amide bonds. The minimum Gasteiger partial charge on any atom is -0.428 e. The summed E-state index contributed by atoms with van der Waals surface area (Å²) in [6.07, 6.45) is 0. The number of halogens is 1. The Morgan fingerprint density at radius 2 is 2.12 bits per heavy atom. The summed E-state index contributed by atoms with van der Waals surface area (Å²) in [5, 5.41) is 9.90. The predicted molar refractivity (Wildman–Crippen MR) is 64.9 cm³/mol. The number of hydrogen-bond acceptors (Lipinski definition) is 3. The summed E-state index contributed by atoms with van der Waals surface area (Å²) in [4.78, 5) is 23.5. The van der Waals surface area contributed by atoms with Crippen molar-refractivity contribution in [3.05, 3.63) is 39.0 Å². The van der Waals surface area contributed by atoms with Crippen LogP contribution in [0.5, 0.6) is 0 Å². The minimum absolute atomic E-state index is 0.0573. The molecule has 1 aromatic carbocycles. The third-order valence-electron chi connectivity index (χ3n) is 2.58. The third kappa shape index (κ3) is 1.74. The van der Waals surface area contributed by atoms with E-state index in [1.54, 1.807) is 18.2 Å². The van der Waals surface area contributed by atoms with Crippen LogP contribution in [0.25, 0.3) is 11.0 Å². The molecule has 88 valence electrons. The summed E-state index contributed by atoms with van der Waals surface area (Å²) in [6.45, 7) is 2.81. The molecular weight excluding hydrogens is 288 g/mol. The molecular formula is C11H10BrN2O3+. The fourth-order valence-corrected chi connectivity index (χ4v) is 2.13. The number of carbonyl (C=O) groups excluding carboxylic acids is 1. The van der Waals surface area contributed by atoms with Crippen molar-refractivity contribution in [1.82, 2.24) is 4.73 Å².